The van der Waals surface area contributed by atoms with Gasteiger partial charge in [0, 0.05) is 14.3 Å². The van der Waals surface area contributed by atoms with Crippen LogP contribution in [0.1, 0.15) is 78.1 Å². The normalized spacial score (nSPS) is 28.4. The van der Waals surface area contributed by atoms with Crippen LogP contribution < -0.4 is 0 Å². The summed E-state index contributed by atoms with van der Waals surface area (Å²) in [6.45, 7) is 4.56. The molecular weight excluding hydrogens is 788 g/mol. The molecule has 0 aromatic heterocycles. The van der Waals surface area contributed by atoms with E-state index in [1.165, 1.54) is 52.8 Å². The maximum absolute atomic E-state index is 7.18. The lowest BCUT2D eigenvalue weighted by atomic mass is 9.84. The summed E-state index contributed by atoms with van der Waals surface area (Å²) in [5, 5.41) is 0. The number of rotatable bonds is 10. The SMILES string of the molecule is CCCCCC1(OC2(CCCCC)C=C(I)C(I)=CC2)C=C(I)C(I)=CC1. The zero-order valence-corrected chi connectivity index (χ0v) is 24.9. The predicted molar refractivity (Wildman–Crippen MR) is 152 cm³/mol. The van der Waals surface area contributed by atoms with Gasteiger partial charge in [0.1, 0.15) is 0 Å². The summed E-state index contributed by atoms with van der Waals surface area (Å²) in [6.07, 6.45) is 21.4. The second-order valence-electron chi connectivity index (χ2n) is 7.64. The maximum Gasteiger partial charge on any atom is 0.0922 e. The monoisotopic (exact) mass is 818 g/mol. The minimum Gasteiger partial charge on any atom is -0.360 e. The van der Waals surface area contributed by atoms with Crippen LogP contribution in [0.15, 0.2) is 38.6 Å². The van der Waals surface area contributed by atoms with Gasteiger partial charge in [0.05, 0.1) is 11.2 Å². The molecule has 0 radical (unpaired) electrons. The fourth-order valence-corrected chi connectivity index (χ4v) is 6.11. The molecule has 0 N–H and O–H groups in total. The van der Waals surface area contributed by atoms with E-state index in [9.17, 15) is 0 Å². The molecule has 5 heteroatoms. The van der Waals surface area contributed by atoms with E-state index in [-0.39, 0.29) is 11.2 Å². The lowest BCUT2D eigenvalue weighted by molar-refractivity contribution is -0.115. The molecule has 2 atom stereocenters. The Hall–Kier alpha value is 1.84. The van der Waals surface area contributed by atoms with Crippen molar-refractivity contribution >= 4 is 90.4 Å². The first kappa shape index (κ1) is 25.1. The quantitative estimate of drug-likeness (QED) is 0.158. The van der Waals surface area contributed by atoms with Crippen molar-refractivity contribution in [3.8, 4) is 0 Å². The molecule has 27 heavy (non-hydrogen) atoms. The summed E-state index contributed by atoms with van der Waals surface area (Å²) >= 11 is 9.89. The molecule has 2 rings (SSSR count). The molecule has 0 heterocycles. The molecule has 2 aliphatic carbocycles. The third-order valence-electron chi connectivity index (χ3n) is 5.30. The van der Waals surface area contributed by atoms with E-state index in [4.69, 9.17) is 4.74 Å². The Morgan fingerprint density at radius 2 is 1.11 bits per heavy atom. The second kappa shape index (κ2) is 12.0. The molecule has 0 fully saturated rings. The molecule has 2 unspecified atom stereocenters. The highest BCUT2D eigenvalue weighted by molar-refractivity contribution is 14.1. The molecule has 0 aromatic rings. The van der Waals surface area contributed by atoms with Crippen molar-refractivity contribution in [1.29, 1.82) is 0 Å². The maximum atomic E-state index is 7.18. The van der Waals surface area contributed by atoms with E-state index in [1.54, 1.807) is 0 Å². The summed E-state index contributed by atoms with van der Waals surface area (Å²) in [7, 11) is 0. The zero-order chi connectivity index (χ0) is 19.9. The van der Waals surface area contributed by atoms with Crippen LogP contribution in [0, 0.1) is 0 Å². The topological polar surface area (TPSA) is 9.23 Å². The molecule has 0 bridgehead atoms. The number of hydrogen-bond acceptors (Lipinski definition) is 1. The van der Waals surface area contributed by atoms with Crippen LogP contribution in [0.3, 0.4) is 0 Å². The van der Waals surface area contributed by atoms with Crippen LogP contribution in [0.5, 0.6) is 0 Å². The minimum absolute atomic E-state index is 0.156. The van der Waals surface area contributed by atoms with Gasteiger partial charge < -0.3 is 4.74 Å². The Labute approximate surface area is 220 Å². The Morgan fingerprint density at radius 3 is 1.44 bits per heavy atom. The number of hydrogen-bond donors (Lipinski definition) is 0. The predicted octanol–water partition coefficient (Wildman–Crippen LogP) is 9.72. The average molecular weight is 818 g/mol. The van der Waals surface area contributed by atoms with Crippen molar-refractivity contribution in [2.45, 2.75) is 89.3 Å². The summed E-state index contributed by atoms with van der Waals surface area (Å²) in [5.74, 6) is 0. The first-order valence-electron chi connectivity index (χ1n) is 10.0. The lowest BCUT2D eigenvalue weighted by Gasteiger charge is -2.44. The standard InChI is InChI=1S/C22H30I4O/c1-3-5-7-11-21(13-9-17(23)19(25)15-21)27-22(12-8-6-4-2)14-10-18(24)20(26)16-22/h9-10,15-16H,3-8,11-14H2,1-2H3. The third kappa shape index (κ3) is 7.48. The van der Waals surface area contributed by atoms with E-state index in [1.807, 2.05) is 0 Å². The van der Waals surface area contributed by atoms with Gasteiger partial charge in [-0.05, 0) is 128 Å². The lowest BCUT2D eigenvalue weighted by Crippen LogP contribution is -2.44. The molecule has 152 valence electrons. The van der Waals surface area contributed by atoms with Gasteiger partial charge in [0.2, 0.25) is 0 Å². The highest BCUT2D eigenvalue weighted by Gasteiger charge is 2.41. The average Bonchev–Trinajstić information content (AvgIpc) is 2.63. The van der Waals surface area contributed by atoms with E-state index < -0.39 is 0 Å². The zero-order valence-electron chi connectivity index (χ0n) is 16.3. The van der Waals surface area contributed by atoms with Crippen molar-refractivity contribution in [2.24, 2.45) is 0 Å². The van der Waals surface area contributed by atoms with E-state index in [2.05, 4.69) is 129 Å². The highest BCUT2D eigenvalue weighted by Crippen LogP contribution is 2.46. The van der Waals surface area contributed by atoms with Crippen LogP contribution in [-0.4, -0.2) is 11.2 Å². The van der Waals surface area contributed by atoms with Gasteiger partial charge in [0.25, 0.3) is 0 Å². The van der Waals surface area contributed by atoms with E-state index in [0.29, 0.717) is 0 Å². The Bertz CT molecular complexity index is 580. The molecular formula is C22H30I4O. The number of allylic oxidation sites excluding steroid dienone is 4. The van der Waals surface area contributed by atoms with Crippen molar-refractivity contribution in [1.82, 2.24) is 0 Å². The Kier molecular flexibility index (Phi) is 11.2. The summed E-state index contributed by atoms with van der Waals surface area (Å²) in [5.41, 5.74) is -0.312. The second-order valence-corrected chi connectivity index (χ2v) is 12.3. The largest absolute Gasteiger partial charge is 0.360 e. The molecule has 1 nitrogen and oxygen atoms in total. The number of ether oxygens (including phenoxy) is 1. The smallest absolute Gasteiger partial charge is 0.0922 e. The summed E-state index contributed by atoms with van der Waals surface area (Å²) in [6, 6.07) is 0. The van der Waals surface area contributed by atoms with Crippen LogP contribution in [0.4, 0.5) is 0 Å². The summed E-state index contributed by atoms with van der Waals surface area (Å²) < 4.78 is 12.6. The van der Waals surface area contributed by atoms with Crippen molar-refractivity contribution in [3.05, 3.63) is 38.6 Å². The van der Waals surface area contributed by atoms with Crippen LogP contribution in [0.25, 0.3) is 0 Å². The first-order chi connectivity index (χ1) is 12.9. The minimum atomic E-state index is -0.156. The van der Waals surface area contributed by atoms with Gasteiger partial charge in [-0.25, -0.2) is 0 Å². The molecule has 0 amide bonds. The van der Waals surface area contributed by atoms with Gasteiger partial charge in [-0.3, -0.25) is 0 Å². The molecule has 0 saturated heterocycles. The van der Waals surface area contributed by atoms with Gasteiger partial charge in [0.15, 0.2) is 0 Å². The first-order valence-corrected chi connectivity index (χ1v) is 14.4. The number of halogens is 4. The Morgan fingerprint density at radius 1 is 0.704 bits per heavy atom. The van der Waals surface area contributed by atoms with Crippen molar-refractivity contribution in [3.63, 3.8) is 0 Å². The van der Waals surface area contributed by atoms with Gasteiger partial charge >= 0.3 is 0 Å². The molecule has 2 aliphatic rings. The van der Waals surface area contributed by atoms with Crippen LogP contribution in [0.2, 0.25) is 0 Å². The van der Waals surface area contributed by atoms with Gasteiger partial charge in [-0.2, -0.15) is 0 Å². The molecule has 0 aliphatic heterocycles. The fraction of sp³-hybridized carbons (Fsp3) is 0.636. The van der Waals surface area contributed by atoms with Gasteiger partial charge in [-0.15, -0.1) is 0 Å². The van der Waals surface area contributed by atoms with E-state index in [0.717, 1.165) is 25.7 Å². The molecule has 0 saturated carbocycles. The molecule has 0 aromatic carbocycles. The van der Waals surface area contributed by atoms with E-state index >= 15 is 0 Å². The highest BCUT2D eigenvalue weighted by atomic mass is 127. The van der Waals surface area contributed by atoms with Crippen molar-refractivity contribution in [2.75, 3.05) is 0 Å². The van der Waals surface area contributed by atoms with Crippen molar-refractivity contribution < 1.29 is 4.74 Å². The van der Waals surface area contributed by atoms with Crippen LogP contribution >= 0.6 is 90.4 Å². The number of unbranched alkanes of at least 4 members (excludes halogenated alkanes) is 4. The Balaban J connectivity index is 2.30. The summed E-state index contributed by atoms with van der Waals surface area (Å²) in [4.78, 5) is 0. The molecule has 0 spiro atoms. The van der Waals surface area contributed by atoms with Crippen LogP contribution in [-0.2, 0) is 4.74 Å². The van der Waals surface area contributed by atoms with Gasteiger partial charge in [-0.1, -0.05) is 64.5 Å². The third-order valence-corrected chi connectivity index (χ3v) is 11.2. The fourth-order valence-electron chi connectivity index (χ4n) is 3.78.